The van der Waals surface area contributed by atoms with Crippen molar-refractivity contribution in [1.82, 2.24) is 20.6 Å². The Balaban J connectivity index is 1.76. The number of amides is 2. The first kappa shape index (κ1) is 13.0. The average molecular weight is 256 g/mol. The number of nitrogens with zero attached hydrogens (tertiary/aromatic N) is 2. The van der Waals surface area contributed by atoms with Gasteiger partial charge in [0.15, 0.2) is 0 Å². The largest absolute Gasteiger partial charge is 0.334 e. The predicted molar refractivity (Wildman–Crippen MR) is 72.3 cm³/mol. The van der Waals surface area contributed by atoms with Crippen molar-refractivity contribution >= 4 is 6.03 Å². The van der Waals surface area contributed by atoms with Crippen LogP contribution in [0.1, 0.15) is 17.1 Å². The molecular weight excluding hydrogens is 240 g/mol. The fourth-order valence-electron chi connectivity index (χ4n) is 1.62. The monoisotopic (exact) mass is 256 g/mol. The Hall–Kier alpha value is -2.43. The molecule has 2 aromatic rings. The van der Waals surface area contributed by atoms with E-state index in [-0.39, 0.29) is 6.03 Å². The van der Waals surface area contributed by atoms with E-state index in [1.165, 1.54) is 0 Å². The summed E-state index contributed by atoms with van der Waals surface area (Å²) >= 11 is 0. The van der Waals surface area contributed by atoms with Gasteiger partial charge in [-0.2, -0.15) is 0 Å². The molecule has 0 aliphatic rings. The molecule has 1 heterocycles. The highest BCUT2D eigenvalue weighted by molar-refractivity contribution is 5.73. The van der Waals surface area contributed by atoms with E-state index < -0.39 is 0 Å². The number of carbonyl (C=O) groups is 1. The molecule has 5 heteroatoms. The summed E-state index contributed by atoms with van der Waals surface area (Å²) in [5.74, 6) is 0.698. The van der Waals surface area contributed by atoms with Gasteiger partial charge in [0.25, 0.3) is 0 Å². The van der Waals surface area contributed by atoms with Gasteiger partial charge in [0.05, 0.1) is 12.2 Å². The van der Waals surface area contributed by atoms with Gasteiger partial charge in [-0.3, -0.25) is 0 Å². The number of rotatable bonds is 4. The number of hydrogen-bond acceptors (Lipinski definition) is 3. The Morgan fingerprint density at radius 2 is 1.84 bits per heavy atom. The van der Waals surface area contributed by atoms with Gasteiger partial charge in [-0.25, -0.2) is 14.8 Å². The van der Waals surface area contributed by atoms with Crippen LogP contribution in [-0.2, 0) is 13.1 Å². The van der Waals surface area contributed by atoms with Crippen LogP contribution in [-0.4, -0.2) is 16.0 Å². The lowest BCUT2D eigenvalue weighted by atomic mass is 10.2. The molecule has 0 bridgehead atoms. The van der Waals surface area contributed by atoms with E-state index in [2.05, 4.69) is 20.6 Å². The maximum absolute atomic E-state index is 11.6. The number of nitrogens with one attached hydrogen (secondary N) is 2. The fraction of sp³-hybridized carbons (Fsp3) is 0.214. The van der Waals surface area contributed by atoms with Crippen molar-refractivity contribution in [2.24, 2.45) is 0 Å². The number of urea groups is 1. The van der Waals surface area contributed by atoms with E-state index in [0.29, 0.717) is 18.9 Å². The molecule has 2 rings (SSSR count). The van der Waals surface area contributed by atoms with E-state index in [1.807, 2.05) is 37.3 Å². The van der Waals surface area contributed by atoms with Gasteiger partial charge < -0.3 is 10.6 Å². The quantitative estimate of drug-likeness (QED) is 0.876. The molecule has 1 aromatic heterocycles. The van der Waals surface area contributed by atoms with E-state index in [0.717, 1.165) is 11.3 Å². The first-order valence-corrected chi connectivity index (χ1v) is 6.08. The predicted octanol–water partition coefficient (Wildman–Crippen LogP) is 1.78. The molecule has 0 fully saturated rings. The van der Waals surface area contributed by atoms with Crippen molar-refractivity contribution in [2.45, 2.75) is 20.0 Å². The molecule has 0 radical (unpaired) electrons. The lowest BCUT2D eigenvalue weighted by Gasteiger charge is -2.07. The molecule has 0 spiro atoms. The van der Waals surface area contributed by atoms with Crippen molar-refractivity contribution in [2.75, 3.05) is 0 Å². The summed E-state index contributed by atoms with van der Waals surface area (Å²) in [6.07, 6.45) is 1.68. The summed E-state index contributed by atoms with van der Waals surface area (Å²) in [4.78, 5) is 19.8. The molecule has 0 aliphatic carbocycles. The maximum Gasteiger partial charge on any atom is 0.315 e. The number of carbonyl (C=O) groups excluding carboxylic acids is 1. The summed E-state index contributed by atoms with van der Waals surface area (Å²) in [7, 11) is 0. The minimum Gasteiger partial charge on any atom is -0.334 e. The summed E-state index contributed by atoms with van der Waals surface area (Å²) in [6.45, 7) is 2.72. The highest BCUT2D eigenvalue weighted by Gasteiger charge is 2.01. The number of aryl methyl sites for hydroxylation is 1. The second-order valence-electron chi connectivity index (χ2n) is 4.12. The van der Waals surface area contributed by atoms with Gasteiger partial charge in [0.2, 0.25) is 0 Å². The molecule has 2 amide bonds. The second-order valence-corrected chi connectivity index (χ2v) is 4.12. The first-order chi connectivity index (χ1) is 9.24. The normalized spacial score (nSPS) is 9.95. The Kier molecular flexibility index (Phi) is 4.44. The summed E-state index contributed by atoms with van der Waals surface area (Å²) in [5, 5.41) is 5.55. The zero-order chi connectivity index (χ0) is 13.5. The van der Waals surface area contributed by atoms with Crippen LogP contribution in [0.4, 0.5) is 4.79 Å². The molecule has 2 N–H and O–H groups in total. The average Bonchev–Trinajstić information content (AvgIpc) is 2.44. The molecule has 0 aliphatic heterocycles. The topological polar surface area (TPSA) is 66.9 Å². The van der Waals surface area contributed by atoms with Crippen LogP contribution in [0.5, 0.6) is 0 Å². The van der Waals surface area contributed by atoms with Crippen LogP contribution in [0.25, 0.3) is 0 Å². The lowest BCUT2D eigenvalue weighted by molar-refractivity contribution is 0.240. The first-order valence-electron chi connectivity index (χ1n) is 6.08. The zero-order valence-corrected chi connectivity index (χ0v) is 10.8. The Morgan fingerprint density at radius 1 is 1.11 bits per heavy atom. The molecule has 0 saturated carbocycles. The molecule has 1 aromatic carbocycles. The van der Waals surface area contributed by atoms with Crippen LogP contribution in [0, 0.1) is 6.92 Å². The van der Waals surface area contributed by atoms with Crippen LogP contribution in [0.3, 0.4) is 0 Å². The van der Waals surface area contributed by atoms with E-state index in [4.69, 9.17) is 0 Å². The van der Waals surface area contributed by atoms with Gasteiger partial charge in [0, 0.05) is 12.7 Å². The lowest BCUT2D eigenvalue weighted by Crippen LogP contribution is -2.34. The Bertz CT molecular complexity index is 542. The number of hydrogen-bond donors (Lipinski definition) is 2. The van der Waals surface area contributed by atoms with Crippen molar-refractivity contribution in [3.8, 4) is 0 Å². The molecule has 98 valence electrons. The van der Waals surface area contributed by atoms with Crippen molar-refractivity contribution < 1.29 is 4.79 Å². The van der Waals surface area contributed by atoms with E-state index >= 15 is 0 Å². The molecule has 0 unspecified atom stereocenters. The van der Waals surface area contributed by atoms with E-state index in [9.17, 15) is 4.79 Å². The standard InChI is InChI=1S/C14H16N4O/c1-11-15-8-7-13(18-11)10-17-14(19)16-9-12-5-3-2-4-6-12/h2-8H,9-10H2,1H3,(H2,16,17,19). The SMILES string of the molecule is Cc1nccc(CNC(=O)NCc2ccccc2)n1. The number of aromatic nitrogens is 2. The summed E-state index contributed by atoms with van der Waals surface area (Å²) < 4.78 is 0. The third kappa shape index (κ3) is 4.39. The van der Waals surface area contributed by atoms with Gasteiger partial charge in [-0.15, -0.1) is 0 Å². The second kappa shape index (κ2) is 6.49. The third-order valence-electron chi connectivity index (χ3n) is 2.56. The van der Waals surface area contributed by atoms with Crippen LogP contribution < -0.4 is 10.6 Å². The number of benzene rings is 1. The highest BCUT2D eigenvalue weighted by Crippen LogP contribution is 1.97. The fourth-order valence-corrected chi connectivity index (χ4v) is 1.62. The summed E-state index contributed by atoms with van der Waals surface area (Å²) in [5.41, 5.74) is 1.86. The van der Waals surface area contributed by atoms with Crippen LogP contribution >= 0.6 is 0 Å². The van der Waals surface area contributed by atoms with Gasteiger partial charge >= 0.3 is 6.03 Å². The van der Waals surface area contributed by atoms with Crippen LogP contribution in [0.2, 0.25) is 0 Å². The molecule has 0 atom stereocenters. The zero-order valence-electron chi connectivity index (χ0n) is 10.8. The van der Waals surface area contributed by atoms with Crippen molar-refractivity contribution in [1.29, 1.82) is 0 Å². The smallest absolute Gasteiger partial charge is 0.315 e. The molecule has 0 saturated heterocycles. The van der Waals surface area contributed by atoms with Crippen molar-refractivity contribution in [3.63, 3.8) is 0 Å². The molecule has 5 nitrogen and oxygen atoms in total. The van der Waals surface area contributed by atoms with Crippen LogP contribution in [0.15, 0.2) is 42.6 Å². The Labute approximate surface area is 112 Å². The minimum absolute atomic E-state index is 0.208. The maximum atomic E-state index is 11.6. The van der Waals surface area contributed by atoms with Gasteiger partial charge in [-0.05, 0) is 18.6 Å². The minimum atomic E-state index is -0.208. The van der Waals surface area contributed by atoms with Gasteiger partial charge in [0.1, 0.15) is 5.82 Å². The Morgan fingerprint density at radius 3 is 2.58 bits per heavy atom. The third-order valence-corrected chi connectivity index (χ3v) is 2.56. The molecule has 19 heavy (non-hydrogen) atoms. The summed E-state index contributed by atoms with van der Waals surface area (Å²) in [6, 6.07) is 11.3. The molecular formula is C14H16N4O. The van der Waals surface area contributed by atoms with Crippen molar-refractivity contribution in [3.05, 3.63) is 59.7 Å². The van der Waals surface area contributed by atoms with E-state index in [1.54, 1.807) is 12.3 Å². The van der Waals surface area contributed by atoms with Gasteiger partial charge in [-0.1, -0.05) is 30.3 Å². The highest BCUT2D eigenvalue weighted by atomic mass is 16.2.